The molecule has 21 heavy (non-hydrogen) atoms. The maximum Gasteiger partial charge on any atom is 0.188 e. The Morgan fingerprint density at radius 1 is 1.38 bits per heavy atom. The van der Waals surface area contributed by atoms with E-state index in [9.17, 15) is 4.79 Å². The molecule has 5 nitrogen and oxygen atoms in total. The second kappa shape index (κ2) is 5.79. The fourth-order valence-corrected chi connectivity index (χ4v) is 3.77. The largest absolute Gasteiger partial charge is 0.493 e. The molecule has 116 valence electrons. The Bertz CT molecular complexity index is 512. The first-order chi connectivity index (χ1) is 10.1. The van der Waals surface area contributed by atoms with Crippen molar-refractivity contribution in [3.63, 3.8) is 0 Å². The molecule has 2 fully saturated rings. The van der Waals surface area contributed by atoms with Crippen LogP contribution >= 0.6 is 0 Å². The molecule has 2 aliphatic rings. The zero-order valence-corrected chi connectivity index (χ0v) is 13.2. The first-order valence-electron chi connectivity index (χ1n) is 7.92. The summed E-state index contributed by atoms with van der Waals surface area (Å²) in [6, 6.07) is 0. The lowest BCUT2D eigenvalue weighted by Crippen LogP contribution is -2.22. The van der Waals surface area contributed by atoms with Crippen molar-refractivity contribution in [2.75, 3.05) is 27.7 Å². The number of carbonyl (C=O) groups excluding carboxylic acids is 1. The van der Waals surface area contributed by atoms with Crippen molar-refractivity contribution >= 4 is 5.78 Å². The number of hydrogen-bond acceptors (Lipinski definition) is 4. The zero-order valence-electron chi connectivity index (χ0n) is 13.2. The second-order valence-corrected chi connectivity index (χ2v) is 6.59. The summed E-state index contributed by atoms with van der Waals surface area (Å²) >= 11 is 0. The SMILES string of the molecule is COc1cnn(CCN(C)C)c1C(=O)C1C2CCCCC21. The number of carbonyl (C=O) groups is 1. The van der Waals surface area contributed by atoms with E-state index in [-0.39, 0.29) is 11.7 Å². The molecule has 2 saturated carbocycles. The lowest BCUT2D eigenvalue weighted by Gasteiger charge is -2.12. The fourth-order valence-electron chi connectivity index (χ4n) is 3.77. The average molecular weight is 291 g/mol. The molecule has 2 unspecified atom stereocenters. The van der Waals surface area contributed by atoms with Crippen molar-refractivity contribution < 1.29 is 9.53 Å². The molecule has 5 heteroatoms. The van der Waals surface area contributed by atoms with Gasteiger partial charge in [-0.3, -0.25) is 9.48 Å². The van der Waals surface area contributed by atoms with E-state index in [1.807, 2.05) is 18.8 Å². The van der Waals surface area contributed by atoms with Crippen LogP contribution in [0.2, 0.25) is 0 Å². The van der Waals surface area contributed by atoms with Crippen molar-refractivity contribution in [1.29, 1.82) is 0 Å². The summed E-state index contributed by atoms with van der Waals surface area (Å²) in [5.41, 5.74) is 0.679. The zero-order chi connectivity index (χ0) is 15.0. The van der Waals surface area contributed by atoms with Crippen LogP contribution in [-0.4, -0.2) is 48.2 Å². The summed E-state index contributed by atoms with van der Waals surface area (Å²) in [7, 11) is 5.67. The van der Waals surface area contributed by atoms with Gasteiger partial charge in [-0.15, -0.1) is 0 Å². The van der Waals surface area contributed by atoms with Crippen molar-refractivity contribution in [2.45, 2.75) is 32.2 Å². The quantitative estimate of drug-likeness (QED) is 0.753. The molecule has 0 saturated heterocycles. The number of ketones is 1. The Morgan fingerprint density at radius 3 is 2.62 bits per heavy atom. The molecule has 0 aromatic carbocycles. The van der Waals surface area contributed by atoms with Crippen LogP contribution in [0.1, 0.15) is 36.2 Å². The highest BCUT2D eigenvalue weighted by Crippen LogP contribution is 2.56. The molecule has 3 rings (SSSR count). The Balaban J connectivity index is 1.79. The summed E-state index contributed by atoms with van der Waals surface area (Å²) in [6.07, 6.45) is 6.67. The first kappa shape index (κ1) is 14.6. The van der Waals surface area contributed by atoms with Gasteiger partial charge in [-0.1, -0.05) is 12.8 Å². The van der Waals surface area contributed by atoms with E-state index in [1.165, 1.54) is 25.7 Å². The molecule has 2 aliphatic carbocycles. The Hall–Kier alpha value is -1.36. The van der Waals surface area contributed by atoms with Crippen molar-refractivity contribution in [1.82, 2.24) is 14.7 Å². The van der Waals surface area contributed by atoms with Crippen molar-refractivity contribution in [3.05, 3.63) is 11.9 Å². The highest BCUT2D eigenvalue weighted by atomic mass is 16.5. The first-order valence-corrected chi connectivity index (χ1v) is 7.92. The van der Waals surface area contributed by atoms with Gasteiger partial charge in [-0.2, -0.15) is 5.10 Å². The van der Waals surface area contributed by atoms with E-state index in [1.54, 1.807) is 13.3 Å². The molecule has 0 spiro atoms. The van der Waals surface area contributed by atoms with Crippen LogP contribution in [0.4, 0.5) is 0 Å². The number of hydrogen-bond donors (Lipinski definition) is 0. The van der Waals surface area contributed by atoms with E-state index in [0.717, 1.165) is 13.1 Å². The summed E-state index contributed by atoms with van der Waals surface area (Å²) in [5, 5.41) is 4.35. The van der Waals surface area contributed by atoms with Gasteiger partial charge in [-0.05, 0) is 38.8 Å². The fraction of sp³-hybridized carbons (Fsp3) is 0.750. The average Bonchev–Trinajstić information content (AvgIpc) is 3.06. The maximum atomic E-state index is 12.9. The van der Waals surface area contributed by atoms with E-state index < -0.39 is 0 Å². The van der Waals surface area contributed by atoms with Crippen LogP contribution in [0, 0.1) is 17.8 Å². The van der Waals surface area contributed by atoms with Crippen LogP contribution < -0.4 is 4.74 Å². The predicted molar refractivity (Wildman–Crippen MR) is 80.6 cm³/mol. The van der Waals surface area contributed by atoms with Crippen molar-refractivity contribution in [2.24, 2.45) is 17.8 Å². The molecule has 1 aromatic rings. The van der Waals surface area contributed by atoms with E-state index in [2.05, 4.69) is 10.00 Å². The minimum Gasteiger partial charge on any atom is -0.493 e. The van der Waals surface area contributed by atoms with Crippen LogP contribution in [0.15, 0.2) is 6.20 Å². The van der Waals surface area contributed by atoms with Gasteiger partial charge >= 0.3 is 0 Å². The van der Waals surface area contributed by atoms with Gasteiger partial charge in [0.15, 0.2) is 11.5 Å². The number of ether oxygens (including phenoxy) is 1. The van der Waals surface area contributed by atoms with Gasteiger partial charge < -0.3 is 9.64 Å². The lowest BCUT2D eigenvalue weighted by atomic mass is 10.0. The molecule has 0 N–H and O–H groups in total. The number of rotatable bonds is 6. The number of nitrogens with zero attached hydrogens (tertiary/aromatic N) is 3. The minimum absolute atomic E-state index is 0.219. The number of methoxy groups -OCH3 is 1. The van der Waals surface area contributed by atoms with Crippen LogP contribution in [-0.2, 0) is 6.54 Å². The minimum atomic E-state index is 0.219. The summed E-state index contributed by atoms with van der Waals surface area (Å²) < 4.78 is 7.19. The third-order valence-electron chi connectivity index (χ3n) is 4.98. The normalized spacial score (nSPS) is 27.5. The third-order valence-corrected chi connectivity index (χ3v) is 4.98. The topological polar surface area (TPSA) is 47.4 Å². The summed E-state index contributed by atoms with van der Waals surface area (Å²) in [5.74, 6) is 2.33. The van der Waals surface area contributed by atoms with Crippen LogP contribution in [0.3, 0.4) is 0 Å². The molecule has 0 bridgehead atoms. The van der Waals surface area contributed by atoms with Gasteiger partial charge in [0, 0.05) is 12.5 Å². The van der Waals surface area contributed by atoms with E-state index >= 15 is 0 Å². The lowest BCUT2D eigenvalue weighted by molar-refractivity contribution is 0.0941. The van der Waals surface area contributed by atoms with Gasteiger partial charge in [0.25, 0.3) is 0 Å². The molecular formula is C16H25N3O2. The molecule has 1 heterocycles. The molecule has 0 radical (unpaired) electrons. The third kappa shape index (κ3) is 2.71. The Kier molecular flexibility index (Phi) is 4.02. The molecule has 0 amide bonds. The van der Waals surface area contributed by atoms with E-state index in [4.69, 9.17) is 4.74 Å². The van der Waals surface area contributed by atoms with Crippen LogP contribution in [0.5, 0.6) is 5.75 Å². The van der Waals surface area contributed by atoms with Gasteiger partial charge in [0.2, 0.25) is 0 Å². The molecule has 1 aromatic heterocycles. The monoisotopic (exact) mass is 291 g/mol. The van der Waals surface area contributed by atoms with Gasteiger partial charge in [0.05, 0.1) is 19.9 Å². The smallest absolute Gasteiger partial charge is 0.188 e. The number of likely N-dealkylation sites (N-methyl/N-ethyl adjacent to an activating group) is 1. The number of Topliss-reactive ketones (excluding diaryl/α,β-unsaturated/α-hetero) is 1. The standard InChI is InChI=1S/C16H25N3O2/c1-18(2)8-9-19-15(13(21-3)10-17-19)16(20)14-11-6-4-5-7-12(11)14/h10-12,14H,4-9H2,1-3H3. The van der Waals surface area contributed by atoms with Gasteiger partial charge in [-0.25, -0.2) is 0 Å². The summed E-state index contributed by atoms with van der Waals surface area (Å²) in [4.78, 5) is 15.0. The molecule has 2 atom stereocenters. The molecular weight excluding hydrogens is 266 g/mol. The van der Waals surface area contributed by atoms with Crippen LogP contribution in [0.25, 0.3) is 0 Å². The highest BCUT2D eigenvalue weighted by molar-refractivity contribution is 6.00. The number of aromatic nitrogens is 2. The maximum absolute atomic E-state index is 12.9. The van der Waals surface area contributed by atoms with E-state index in [0.29, 0.717) is 23.3 Å². The Labute approximate surface area is 126 Å². The highest BCUT2D eigenvalue weighted by Gasteiger charge is 2.55. The number of fused-ring (bicyclic) bond motifs is 1. The predicted octanol–water partition coefficient (Wildman–Crippen LogP) is 2.07. The summed E-state index contributed by atoms with van der Waals surface area (Å²) in [6.45, 7) is 1.59. The Morgan fingerprint density at radius 2 is 2.05 bits per heavy atom. The van der Waals surface area contributed by atoms with Gasteiger partial charge in [0.1, 0.15) is 5.69 Å². The molecule has 0 aliphatic heterocycles. The second-order valence-electron chi connectivity index (χ2n) is 6.59. The van der Waals surface area contributed by atoms with Crippen molar-refractivity contribution in [3.8, 4) is 5.75 Å².